The van der Waals surface area contributed by atoms with Crippen molar-refractivity contribution < 1.29 is 0 Å². The lowest BCUT2D eigenvalue weighted by atomic mass is 10.3. The molecule has 0 spiro atoms. The molecule has 0 N–H and O–H groups in total. The monoisotopic (exact) mass is 159 g/mol. The van der Waals surface area contributed by atoms with E-state index in [0.717, 1.165) is 11.3 Å². The SMILES string of the molecule is CSC1CCN(C(C)C)C1. The summed E-state index contributed by atoms with van der Waals surface area (Å²) >= 11 is 2.01. The standard InChI is InChI=1S/C8H17NS/c1-7(2)9-5-4-8(6-9)10-3/h7-8H,4-6H2,1-3H3. The van der Waals surface area contributed by atoms with E-state index in [1.54, 1.807) is 0 Å². The Labute approximate surface area is 68.2 Å². The van der Waals surface area contributed by atoms with Crippen molar-refractivity contribution in [3.8, 4) is 0 Å². The highest BCUT2D eigenvalue weighted by Crippen LogP contribution is 2.21. The minimum Gasteiger partial charge on any atom is -0.300 e. The van der Waals surface area contributed by atoms with Gasteiger partial charge in [0.15, 0.2) is 0 Å². The van der Waals surface area contributed by atoms with Crippen LogP contribution < -0.4 is 0 Å². The van der Waals surface area contributed by atoms with Gasteiger partial charge in [0.25, 0.3) is 0 Å². The second-order valence-electron chi connectivity index (χ2n) is 3.24. The number of likely N-dealkylation sites (tertiary alicyclic amines) is 1. The highest BCUT2D eigenvalue weighted by atomic mass is 32.2. The quantitative estimate of drug-likeness (QED) is 0.605. The normalized spacial score (nSPS) is 28.2. The van der Waals surface area contributed by atoms with E-state index in [4.69, 9.17) is 0 Å². The molecule has 1 aliphatic rings. The van der Waals surface area contributed by atoms with Gasteiger partial charge in [-0.2, -0.15) is 11.8 Å². The Kier molecular flexibility index (Phi) is 3.05. The second-order valence-corrected chi connectivity index (χ2v) is 4.37. The Balaban J connectivity index is 2.28. The summed E-state index contributed by atoms with van der Waals surface area (Å²) in [5.41, 5.74) is 0. The molecule has 0 amide bonds. The highest BCUT2D eigenvalue weighted by molar-refractivity contribution is 7.99. The number of thioether (sulfide) groups is 1. The molecule has 60 valence electrons. The Bertz CT molecular complexity index is 103. The van der Waals surface area contributed by atoms with Gasteiger partial charge < -0.3 is 0 Å². The van der Waals surface area contributed by atoms with Gasteiger partial charge in [-0.1, -0.05) is 0 Å². The van der Waals surface area contributed by atoms with Crippen molar-refractivity contribution in [2.24, 2.45) is 0 Å². The van der Waals surface area contributed by atoms with Crippen LogP contribution in [0.2, 0.25) is 0 Å². The lowest BCUT2D eigenvalue weighted by molar-refractivity contribution is 0.277. The number of hydrogen-bond donors (Lipinski definition) is 0. The molecular formula is C8H17NS. The molecule has 1 nitrogen and oxygen atoms in total. The Morgan fingerprint density at radius 1 is 1.50 bits per heavy atom. The molecule has 0 aromatic rings. The molecule has 0 bridgehead atoms. The van der Waals surface area contributed by atoms with Crippen LogP contribution in [0, 0.1) is 0 Å². The second kappa shape index (κ2) is 3.63. The molecule has 1 unspecified atom stereocenters. The fourth-order valence-electron chi connectivity index (χ4n) is 1.42. The summed E-state index contributed by atoms with van der Waals surface area (Å²) in [7, 11) is 0. The Morgan fingerprint density at radius 2 is 2.20 bits per heavy atom. The summed E-state index contributed by atoms with van der Waals surface area (Å²) in [6.07, 6.45) is 3.60. The maximum Gasteiger partial charge on any atom is 0.0184 e. The molecule has 1 heterocycles. The van der Waals surface area contributed by atoms with Crippen molar-refractivity contribution in [3.05, 3.63) is 0 Å². The van der Waals surface area contributed by atoms with Crippen LogP contribution in [0.5, 0.6) is 0 Å². The number of hydrogen-bond acceptors (Lipinski definition) is 2. The summed E-state index contributed by atoms with van der Waals surface area (Å²) in [5.74, 6) is 0. The van der Waals surface area contributed by atoms with Gasteiger partial charge in [-0.25, -0.2) is 0 Å². The Morgan fingerprint density at radius 3 is 2.50 bits per heavy atom. The molecule has 1 aliphatic heterocycles. The summed E-state index contributed by atoms with van der Waals surface area (Å²) < 4.78 is 0. The van der Waals surface area contributed by atoms with E-state index < -0.39 is 0 Å². The summed E-state index contributed by atoms with van der Waals surface area (Å²) in [4.78, 5) is 2.56. The van der Waals surface area contributed by atoms with E-state index in [-0.39, 0.29) is 0 Å². The molecule has 0 aliphatic carbocycles. The molecule has 1 fully saturated rings. The number of rotatable bonds is 2. The topological polar surface area (TPSA) is 3.24 Å². The third-order valence-electron chi connectivity index (χ3n) is 2.24. The predicted molar refractivity (Wildman–Crippen MR) is 48.6 cm³/mol. The van der Waals surface area contributed by atoms with Gasteiger partial charge in [-0.05, 0) is 33.1 Å². The summed E-state index contributed by atoms with van der Waals surface area (Å²) in [6.45, 7) is 7.17. The van der Waals surface area contributed by atoms with Gasteiger partial charge in [0.1, 0.15) is 0 Å². The van der Waals surface area contributed by atoms with Crippen molar-refractivity contribution in [3.63, 3.8) is 0 Å². The Hall–Kier alpha value is 0.310. The first kappa shape index (κ1) is 8.41. The molecule has 0 aromatic carbocycles. The average Bonchev–Trinajstić information content (AvgIpc) is 2.34. The third kappa shape index (κ3) is 1.89. The van der Waals surface area contributed by atoms with Crippen LogP contribution in [-0.2, 0) is 0 Å². The zero-order valence-electron chi connectivity index (χ0n) is 7.13. The molecule has 0 radical (unpaired) electrons. The molecule has 1 saturated heterocycles. The van der Waals surface area contributed by atoms with Crippen LogP contribution in [0.25, 0.3) is 0 Å². The first-order chi connectivity index (χ1) is 4.74. The smallest absolute Gasteiger partial charge is 0.0184 e. The van der Waals surface area contributed by atoms with Gasteiger partial charge in [0.05, 0.1) is 0 Å². The van der Waals surface area contributed by atoms with Crippen molar-refractivity contribution in [1.29, 1.82) is 0 Å². The maximum atomic E-state index is 2.56. The van der Waals surface area contributed by atoms with E-state index in [9.17, 15) is 0 Å². The summed E-state index contributed by atoms with van der Waals surface area (Å²) in [6, 6.07) is 0.747. The predicted octanol–water partition coefficient (Wildman–Crippen LogP) is 1.83. The maximum absolute atomic E-state index is 2.56. The lowest BCUT2D eigenvalue weighted by Gasteiger charge is -2.19. The van der Waals surface area contributed by atoms with Crippen molar-refractivity contribution in [2.45, 2.75) is 31.6 Å². The highest BCUT2D eigenvalue weighted by Gasteiger charge is 2.22. The molecule has 0 saturated carbocycles. The average molecular weight is 159 g/mol. The van der Waals surface area contributed by atoms with Crippen LogP contribution >= 0.6 is 11.8 Å². The van der Waals surface area contributed by atoms with Crippen LogP contribution in [0.4, 0.5) is 0 Å². The molecule has 0 aromatic heterocycles. The fourth-order valence-corrected chi connectivity index (χ4v) is 2.10. The van der Waals surface area contributed by atoms with Gasteiger partial charge in [0.2, 0.25) is 0 Å². The minimum atomic E-state index is 0.747. The lowest BCUT2D eigenvalue weighted by Crippen LogP contribution is -2.28. The first-order valence-electron chi connectivity index (χ1n) is 4.01. The molecule has 1 atom stereocenters. The van der Waals surface area contributed by atoms with Crippen molar-refractivity contribution >= 4 is 11.8 Å². The van der Waals surface area contributed by atoms with Gasteiger partial charge in [-0.3, -0.25) is 4.90 Å². The first-order valence-corrected chi connectivity index (χ1v) is 5.29. The van der Waals surface area contributed by atoms with E-state index in [1.165, 1.54) is 19.5 Å². The van der Waals surface area contributed by atoms with Crippen LogP contribution in [0.1, 0.15) is 20.3 Å². The molecular weight excluding hydrogens is 142 g/mol. The van der Waals surface area contributed by atoms with Crippen LogP contribution in [0.3, 0.4) is 0 Å². The minimum absolute atomic E-state index is 0.747. The largest absolute Gasteiger partial charge is 0.300 e. The van der Waals surface area contributed by atoms with E-state index in [1.807, 2.05) is 11.8 Å². The zero-order chi connectivity index (χ0) is 7.56. The van der Waals surface area contributed by atoms with E-state index in [2.05, 4.69) is 25.0 Å². The van der Waals surface area contributed by atoms with Gasteiger partial charge in [-0.15, -0.1) is 0 Å². The summed E-state index contributed by atoms with van der Waals surface area (Å²) in [5, 5.41) is 0.905. The third-order valence-corrected chi connectivity index (χ3v) is 3.29. The van der Waals surface area contributed by atoms with E-state index >= 15 is 0 Å². The van der Waals surface area contributed by atoms with Crippen LogP contribution in [-0.4, -0.2) is 35.5 Å². The van der Waals surface area contributed by atoms with Gasteiger partial charge >= 0.3 is 0 Å². The fraction of sp³-hybridized carbons (Fsp3) is 1.00. The van der Waals surface area contributed by atoms with Crippen LogP contribution in [0.15, 0.2) is 0 Å². The zero-order valence-corrected chi connectivity index (χ0v) is 7.95. The van der Waals surface area contributed by atoms with Crippen molar-refractivity contribution in [2.75, 3.05) is 19.3 Å². The van der Waals surface area contributed by atoms with E-state index in [0.29, 0.717) is 0 Å². The molecule has 2 heteroatoms. The van der Waals surface area contributed by atoms with Gasteiger partial charge in [0, 0.05) is 17.8 Å². The molecule has 1 rings (SSSR count). The van der Waals surface area contributed by atoms with Crippen molar-refractivity contribution in [1.82, 2.24) is 4.90 Å². The molecule has 10 heavy (non-hydrogen) atoms. The number of nitrogens with zero attached hydrogens (tertiary/aromatic N) is 1.